The third kappa shape index (κ3) is 5.63. The number of hydrogen-bond acceptors (Lipinski definition) is 3. The highest BCUT2D eigenvalue weighted by Gasteiger charge is 2.14. The second kappa shape index (κ2) is 6.49. The van der Waals surface area contributed by atoms with Crippen molar-refractivity contribution in [1.29, 1.82) is 0 Å². The lowest BCUT2D eigenvalue weighted by Gasteiger charge is -2.13. The van der Waals surface area contributed by atoms with Gasteiger partial charge in [0, 0.05) is 17.6 Å². The molecule has 17 heavy (non-hydrogen) atoms. The van der Waals surface area contributed by atoms with Crippen molar-refractivity contribution in [2.75, 3.05) is 13.7 Å². The predicted octanol–water partition coefficient (Wildman–Crippen LogP) is 1.90. The lowest BCUT2D eigenvalue weighted by atomic mass is 10.2. The van der Waals surface area contributed by atoms with Gasteiger partial charge >= 0.3 is 0 Å². The van der Waals surface area contributed by atoms with Gasteiger partial charge in [-0.2, -0.15) is 0 Å². The van der Waals surface area contributed by atoms with E-state index in [1.54, 1.807) is 26.2 Å². The van der Waals surface area contributed by atoms with E-state index in [0.717, 1.165) is 10.0 Å². The van der Waals surface area contributed by atoms with Gasteiger partial charge in [-0.1, -0.05) is 28.1 Å². The maximum atomic E-state index is 11.8. The molecule has 1 aromatic carbocycles. The standard InChI is InChI=1S/C11H16BrNO3S/c1-9(7-16-2)13-17(14,15)8-10-3-5-11(12)6-4-10/h3-6,9,13H,7-8H2,1-2H3/t9-/m1/s1. The molecule has 0 unspecified atom stereocenters. The zero-order valence-corrected chi connectivity index (χ0v) is 12.2. The number of halogens is 1. The Morgan fingerprint density at radius 3 is 2.47 bits per heavy atom. The number of benzene rings is 1. The van der Waals surface area contributed by atoms with Crippen LogP contribution in [0.1, 0.15) is 12.5 Å². The Morgan fingerprint density at radius 1 is 1.35 bits per heavy atom. The summed E-state index contributed by atoms with van der Waals surface area (Å²) in [5.74, 6) is -0.0195. The Morgan fingerprint density at radius 2 is 1.94 bits per heavy atom. The summed E-state index contributed by atoms with van der Waals surface area (Å²) in [5.41, 5.74) is 0.755. The van der Waals surface area contributed by atoms with E-state index in [9.17, 15) is 8.42 Å². The van der Waals surface area contributed by atoms with Crippen LogP contribution in [0.2, 0.25) is 0 Å². The molecule has 0 aliphatic heterocycles. The van der Waals surface area contributed by atoms with Crippen molar-refractivity contribution < 1.29 is 13.2 Å². The van der Waals surface area contributed by atoms with Crippen molar-refractivity contribution in [3.63, 3.8) is 0 Å². The zero-order valence-electron chi connectivity index (χ0n) is 9.81. The van der Waals surface area contributed by atoms with E-state index in [1.165, 1.54) is 0 Å². The highest BCUT2D eigenvalue weighted by Crippen LogP contribution is 2.12. The molecule has 1 rings (SSSR count). The summed E-state index contributed by atoms with van der Waals surface area (Å²) in [5, 5.41) is 0. The molecule has 0 radical (unpaired) electrons. The molecule has 1 atom stereocenters. The lowest BCUT2D eigenvalue weighted by molar-refractivity contribution is 0.180. The molecular weight excluding hydrogens is 306 g/mol. The van der Waals surface area contributed by atoms with Crippen LogP contribution in [0.4, 0.5) is 0 Å². The Labute approximate surface area is 111 Å². The summed E-state index contributed by atoms with van der Waals surface area (Å²) in [4.78, 5) is 0. The van der Waals surface area contributed by atoms with Crippen molar-refractivity contribution in [3.05, 3.63) is 34.3 Å². The van der Waals surface area contributed by atoms with Gasteiger partial charge < -0.3 is 4.74 Å². The lowest BCUT2D eigenvalue weighted by Crippen LogP contribution is -2.36. The Hall–Kier alpha value is -0.430. The van der Waals surface area contributed by atoms with Crippen LogP contribution in [0.5, 0.6) is 0 Å². The molecule has 96 valence electrons. The van der Waals surface area contributed by atoms with Crippen molar-refractivity contribution in [1.82, 2.24) is 4.72 Å². The first-order valence-electron chi connectivity index (χ1n) is 5.16. The van der Waals surface area contributed by atoms with E-state index >= 15 is 0 Å². The van der Waals surface area contributed by atoms with Crippen molar-refractivity contribution in [3.8, 4) is 0 Å². The minimum absolute atomic E-state index is 0.0195. The van der Waals surface area contributed by atoms with Gasteiger partial charge in [-0.15, -0.1) is 0 Å². The van der Waals surface area contributed by atoms with Crippen LogP contribution in [0.3, 0.4) is 0 Å². The summed E-state index contributed by atoms with van der Waals surface area (Å²) in [6, 6.07) is 6.99. The molecule has 0 spiro atoms. The number of ether oxygens (including phenoxy) is 1. The molecule has 0 bridgehead atoms. The van der Waals surface area contributed by atoms with E-state index in [0.29, 0.717) is 6.61 Å². The number of methoxy groups -OCH3 is 1. The van der Waals surface area contributed by atoms with Crippen LogP contribution in [-0.2, 0) is 20.5 Å². The first-order valence-corrected chi connectivity index (χ1v) is 7.61. The summed E-state index contributed by atoms with van der Waals surface area (Å²) < 4.78 is 32.0. The predicted molar refractivity (Wildman–Crippen MR) is 71.2 cm³/mol. The number of rotatable bonds is 6. The quantitative estimate of drug-likeness (QED) is 0.870. The molecule has 4 nitrogen and oxygen atoms in total. The Kier molecular flexibility index (Phi) is 5.58. The summed E-state index contributed by atoms with van der Waals surface area (Å²) >= 11 is 3.30. The smallest absolute Gasteiger partial charge is 0.216 e. The Bertz CT molecular complexity index is 444. The molecule has 1 aromatic rings. The molecule has 1 N–H and O–H groups in total. The molecule has 0 saturated heterocycles. The molecular formula is C11H16BrNO3S. The Balaban J connectivity index is 2.63. The minimum atomic E-state index is -3.31. The molecule has 0 aliphatic carbocycles. The van der Waals surface area contributed by atoms with Gasteiger partial charge in [0.05, 0.1) is 12.4 Å². The largest absolute Gasteiger partial charge is 0.383 e. The maximum absolute atomic E-state index is 11.8. The molecule has 0 heterocycles. The topological polar surface area (TPSA) is 55.4 Å². The molecule has 0 fully saturated rings. The van der Waals surface area contributed by atoms with E-state index in [-0.39, 0.29) is 11.8 Å². The van der Waals surface area contributed by atoms with Crippen LogP contribution < -0.4 is 4.72 Å². The van der Waals surface area contributed by atoms with Crippen molar-refractivity contribution in [2.24, 2.45) is 0 Å². The first kappa shape index (κ1) is 14.6. The number of nitrogens with one attached hydrogen (secondary N) is 1. The normalized spacial score (nSPS) is 13.6. The average Bonchev–Trinajstić information content (AvgIpc) is 2.20. The summed E-state index contributed by atoms with van der Waals surface area (Å²) in [6.45, 7) is 2.13. The SMILES string of the molecule is COC[C@@H](C)NS(=O)(=O)Cc1ccc(Br)cc1. The van der Waals surface area contributed by atoms with Crippen LogP contribution in [0.25, 0.3) is 0 Å². The summed E-state index contributed by atoms with van der Waals surface area (Å²) in [6.07, 6.45) is 0. The monoisotopic (exact) mass is 321 g/mol. The van der Waals surface area contributed by atoms with Crippen LogP contribution in [0, 0.1) is 0 Å². The van der Waals surface area contributed by atoms with E-state index in [4.69, 9.17) is 4.74 Å². The second-order valence-electron chi connectivity index (χ2n) is 3.86. The van der Waals surface area contributed by atoms with E-state index in [2.05, 4.69) is 20.7 Å². The molecule has 0 amide bonds. The average molecular weight is 322 g/mol. The third-order valence-electron chi connectivity index (χ3n) is 2.07. The van der Waals surface area contributed by atoms with Gasteiger partial charge in [0.2, 0.25) is 10.0 Å². The molecule has 0 saturated carbocycles. The van der Waals surface area contributed by atoms with Crippen molar-refractivity contribution in [2.45, 2.75) is 18.7 Å². The van der Waals surface area contributed by atoms with E-state index < -0.39 is 10.0 Å². The highest BCUT2D eigenvalue weighted by atomic mass is 79.9. The van der Waals surface area contributed by atoms with Gasteiger partial charge in [-0.05, 0) is 24.6 Å². The van der Waals surface area contributed by atoms with Gasteiger partial charge in [0.25, 0.3) is 0 Å². The molecule has 6 heteroatoms. The third-order valence-corrected chi connectivity index (χ3v) is 4.07. The number of sulfonamides is 1. The van der Waals surface area contributed by atoms with Crippen LogP contribution in [-0.4, -0.2) is 28.2 Å². The van der Waals surface area contributed by atoms with Gasteiger partial charge in [-0.25, -0.2) is 13.1 Å². The second-order valence-corrected chi connectivity index (χ2v) is 6.53. The fourth-order valence-electron chi connectivity index (χ4n) is 1.43. The fraction of sp³-hybridized carbons (Fsp3) is 0.455. The maximum Gasteiger partial charge on any atom is 0.216 e. The summed E-state index contributed by atoms with van der Waals surface area (Å²) in [7, 11) is -1.77. The zero-order chi connectivity index (χ0) is 12.9. The van der Waals surface area contributed by atoms with Crippen LogP contribution >= 0.6 is 15.9 Å². The van der Waals surface area contributed by atoms with E-state index in [1.807, 2.05) is 12.1 Å². The van der Waals surface area contributed by atoms with Gasteiger partial charge in [0.1, 0.15) is 0 Å². The highest BCUT2D eigenvalue weighted by molar-refractivity contribution is 9.10. The van der Waals surface area contributed by atoms with Gasteiger partial charge in [0.15, 0.2) is 0 Å². The number of hydrogen-bond donors (Lipinski definition) is 1. The fourth-order valence-corrected chi connectivity index (χ4v) is 3.09. The first-order chi connectivity index (χ1) is 7.93. The minimum Gasteiger partial charge on any atom is -0.383 e. The van der Waals surface area contributed by atoms with Crippen LogP contribution in [0.15, 0.2) is 28.7 Å². The van der Waals surface area contributed by atoms with Crippen molar-refractivity contribution >= 4 is 26.0 Å². The van der Waals surface area contributed by atoms with Gasteiger partial charge in [-0.3, -0.25) is 0 Å². The molecule has 0 aliphatic rings. The molecule has 0 aromatic heterocycles.